The zero-order chi connectivity index (χ0) is 17.9. The molecule has 0 atom stereocenters. The van der Waals surface area contributed by atoms with Gasteiger partial charge in [-0.05, 0) is 31.5 Å². The Balaban J connectivity index is 1.54. The molecule has 0 fully saturated rings. The zero-order valence-electron chi connectivity index (χ0n) is 14.6. The average Bonchev–Trinajstić information content (AvgIpc) is 3.27. The van der Waals surface area contributed by atoms with Crippen molar-refractivity contribution in [3.63, 3.8) is 0 Å². The number of aryl methyl sites for hydroxylation is 2. The van der Waals surface area contributed by atoms with Crippen LogP contribution in [0.1, 0.15) is 17.1 Å². The first-order valence-corrected chi connectivity index (χ1v) is 10.2. The third-order valence-electron chi connectivity index (χ3n) is 3.98. The lowest BCUT2D eigenvalue weighted by Gasteiger charge is -2.08. The van der Waals surface area contributed by atoms with E-state index in [-0.39, 0.29) is 0 Å². The van der Waals surface area contributed by atoms with E-state index in [9.17, 15) is 0 Å². The van der Waals surface area contributed by atoms with Crippen LogP contribution in [0.5, 0.6) is 0 Å². The van der Waals surface area contributed by atoms with Crippen LogP contribution in [0.2, 0.25) is 0 Å². The highest BCUT2D eigenvalue weighted by molar-refractivity contribution is 7.98. The first-order chi connectivity index (χ1) is 12.7. The molecule has 0 amide bonds. The van der Waals surface area contributed by atoms with Crippen LogP contribution in [0.3, 0.4) is 0 Å². The second-order valence-corrected chi connectivity index (χ2v) is 7.80. The maximum atomic E-state index is 4.76. The monoisotopic (exact) mass is 378 g/mol. The summed E-state index contributed by atoms with van der Waals surface area (Å²) in [5, 5.41) is 12.7. The molecule has 4 rings (SSSR count). The van der Waals surface area contributed by atoms with Crippen molar-refractivity contribution in [3.05, 3.63) is 77.1 Å². The summed E-state index contributed by atoms with van der Waals surface area (Å²) in [6.45, 7) is 4.08. The van der Waals surface area contributed by atoms with Crippen LogP contribution in [-0.4, -0.2) is 19.7 Å². The maximum Gasteiger partial charge on any atom is 0.196 e. The predicted octanol–water partition coefficient (Wildman–Crippen LogP) is 5.30. The van der Waals surface area contributed by atoms with Gasteiger partial charge in [0.2, 0.25) is 0 Å². The number of aromatic nitrogens is 4. The van der Waals surface area contributed by atoms with E-state index in [2.05, 4.69) is 63.5 Å². The minimum absolute atomic E-state index is 0.771. The van der Waals surface area contributed by atoms with Gasteiger partial charge in [0.1, 0.15) is 10.8 Å². The zero-order valence-corrected chi connectivity index (χ0v) is 16.2. The molecule has 0 saturated heterocycles. The largest absolute Gasteiger partial charge is 0.274 e. The van der Waals surface area contributed by atoms with E-state index in [0.29, 0.717) is 0 Å². The highest BCUT2D eigenvalue weighted by Gasteiger charge is 2.13. The number of benzene rings is 2. The molecule has 26 heavy (non-hydrogen) atoms. The second kappa shape index (κ2) is 7.43. The first kappa shape index (κ1) is 17.0. The van der Waals surface area contributed by atoms with Crippen molar-refractivity contribution in [2.24, 2.45) is 0 Å². The fourth-order valence-corrected chi connectivity index (χ4v) is 4.55. The van der Waals surface area contributed by atoms with Gasteiger partial charge in [0.05, 0.1) is 5.69 Å². The summed E-state index contributed by atoms with van der Waals surface area (Å²) in [6, 6.07) is 18.7. The van der Waals surface area contributed by atoms with Crippen molar-refractivity contribution in [1.82, 2.24) is 19.7 Å². The standard InChI is InChI=1S/C20H18N4S2/c1-14-7-6-10-18(11-14)24-15(2)22-23-20(24)26-13-17-12-25-19(21-17)16-8-4-3-5-9-16/h3-12H,13H2,1-2H3. The predicted molar refractivity (Wildman–Crippen MR) is 108 cm³/mol. The Morgan fingerprint density at radius 3 is 2.65 bits per heavy atom. The Labute approximate surface area is 161 Å². The molecular formula is C20H18N4S2. The Kier molecular flexibility index (Phi) is 4.86. The summed E-state index contributed by atoms with van der Waals surface area (Å²) < 4.78 is 2.10. The molecule has 0 radical (unpaired) electrons. The summed E-state index contributed by atoms with van der Waals surface area (Å²) in [4.78, 5) is 4.76. The molecule has 0 aliphatic heterocycles. The molecule has 0 saturated carbocycles. The van der Waals surface area contributed by atoms with Gasteiger partial charge < -0.3 is 0 Å². The van der Waals surface area contributed by atoms with Crippen LogP contribution >= 0.6 is 23.1 Å². The van der Waals surface area contributed by atoms with Gasteiger partial charge in [0.15, 0.2) is 5.16 Å². The maximum absolute atomic E-state index is 4.76. The normalized spacial score (nSPS) is 11.0. The number of hydrogen-bond acceptors (Lipinski definition) is 5. The highest BCUT2D eigenvalue weighted by Crippen LogP contribution is 2.28. The van der Waals surface area contributed by atoms with Gasteiger partial charge in [-0.1, -0.05) is 54.2 Å². The molecule has 0 aliphatic rings. The van der Waals surface area contributed by atoms with Crippen molar-refractivity contribution >= 4 is 23.1 Å². The number of rotatable bonds is 5. The minimum Gasteiger partial charge on any atom is -0.274 e. The van der Waals surface area contributed by atoms with Crippen LogP contribution in [0.25, 0.3) is 16.3 Å². The lowest BCUT2D eigenvalue weighted by Crippen LogP contribution is -1.99. The Morgan fingerprint density at radius 2 is 1.85 bits per heavy atom. The summed E-state index contributed by atoms with van der Waals surface area (Å²) >= 11 is 3.34. The molecule has 2 heterocycles. The van der Waals surface area contributed by atoms with Gasteiger partial charge in [-0.3, -0.25) is 4.57 Å². The Morgan fingerprint density at radius 1 is 1.00 bits per heavy atom. The number of nitrogens with zero attached hydrogens (tertiary/aromatic N) is 4. The van der Waals surface area contributed by atoms with E-state index in [1.54, 1.807) is 23.1 Å². The van der Waals surface area contributed by atoms with Crippen LogP contribution < -0.4 is 0 Å². The van der Waals surface area contributed by atoms with Crippen LogP contribution in [0.4, 0.5) is 0 Å². The summed E-state index contributed by atoms with van der Waals surface area (Å²) in [5.41, 5.74) is 4.54. The van der Waals surface area contributed by atoms with Gasteiger partial charge in [-0.2, -0.15) is 0 Å². The quantitative estimate of drug-likeness (QED) is 0.442. The molecule has 0 unspecified atom stereocenters. The van der Waals surface area contributed by atoms with Crippen LogP contribution in [-0.2, 0) is 5.75 Å². The molecule has 0 aliphatic carbocycles. The van der Waals surface area contributed by atoms with Crippen molar-refractivity contribution in [3.8, 4) is 16.3 Å². The molecule has 2 aromatic carbocycles. The molecular weight excluding hydrogens is 360 g/mol. The van der Waals surface area contributed by atoms with E-state index < -0.39 is 0 Å². The van der Waals surface area contributed by atoms with Gasteiger partial charge in [0.25, 0.3) is 0 Å². The van der Waals surface area contributed by atoms with Gasteiger partial charge >= 0.3 is 0 Å². The first-order valence-electron chi connectivity index (χ1n) is 8.32. The number of thioether (sulfide) groups is 1. The molecule has 4 aromatic rings. The summed E-state index contributed by atoms with van der Waals surface area (Å²) in [6.07, 6.45) is 0. The smallest absolute Gasteiger partial charge is 0.196 e. The van der Waals surface area contributed by atoms with E-state index in [1.807, 2.05) is 25.1 Å². The van der Waals surface area contributed by atoms with Gasteiger partial charge in [-0.15, -0.1) is 21.5 Å². The third kappa shape index (κ3) is 3.57. The molecule has 0 bridgehead atoms. The number of thiazole rings is 1. The highest BCUT2D eigenvalue weighted by atomic mass is 32.2. The SMILES string of the molecule is Cc1cccc(-n2c(C)nnc2SCc2csc(-c3ccccc3)n2)c1. The lowest BCUT2D eigenvalue weighted by atomic mass is 10.2. The molecule has 4 nitrogen and oxygen atoms in total. The second-order valence-electron chi connectivity index (χ2n) is 6.00. The summed E-state index contributed by atoms with van der Waals surface area (Å²) in [5.74, 6) is 1.66. The Hall–Kier alpha value is -2.44. The minimum atomic E-state index is 0.771. The van der Waals surface area contributed by atoms with Crippen molar-refractivity contribution in [2.45, 2.75) is 24.8 Å². The van der Waals surface area contributed by atoms with Crippen molar-refractivity contribution in [2.75, 3.05) is 0 Å². The Bertz CT molecular complexity index is 1020. The third-order valence-corrected chi connectivity index (χ3v) is 5.88. The fourth-order valence-electron chi connectivity index (χ4n) is 2.73. The molecule has 2 aromatic heterocycles. The van der Waals surface area contributed by atoms with Gasteiger partial charge in [-0.25, -0.2) is 4.98 Å². The average molecular weight is 379 g/mol. The topological polar surface area (TPSA) is 43.6 Å². The molecule has 6 heteroatoms. The fraction of sp³-hybridized carbons (Fsp3) is 0.150. The van der Waals surface area contributed by atoms with E-state index in [4.69, 9.17) is 4.98 Å². The van der Waals surface area contributed by atoms with Crippen LogP contribution in [0, 0.1) is 13.8 Å². The molecule has 130 valence electrons. The van der Waals surface area contributed by atoms with Crippen LogP contribution in [0.15, 0.2) is 65.1 Å². The lowest BCUT2D eigenvalue weighted by molar-refractivity contribution is 0.866. The molecule has 0 N–H and O–H groups in total. The molecule has 0 spiro atoms. The van der Waals surface area contributed by atoms with Crippen molar-refractivity contribution < 1.29 is 0 Å². The van der Waals surface area contributed by atoms with E-state index in [0.717, 1.165) is 38.7 Å². The number of hydrogen-bond donors (Lipinski definition) is 0. The van der Waals surface area contributed by atoms with E-state index >= 15 is 0 Å². The van der Waals surface area contributed by atoms with Gasteiger partial charge in [0, 0.05) is 22.4 Å². The van der Waals surface area contributed by atoms with Crippen molar-refractivity contribution in [1.29, 1.82) is 0 Å². The van der Waals surface area contributed by atoms with E-state index in [1.165, 1.54) is 5.56 Å². The summed E-state index contributed by atoms with van der Waals surface area (Å²) in [7, 11) is 0.